The molecule has 0 bridgehead atoms. The molecule has 0 aliphatic carbocycles. The number of aromatic nitrogens is 1. The van der Waals surface area contributed by atoms with E-state index in [0.29, 0.717) is 12.2 Å². The van der Waals surface area contributed by atoms with Gasteiger partial charge in [0, 0.05) is 12.6 Å². The van der Waals surface area contributed by atoms with E-state index in [1.807, 2.05) is 23.6 Å². The molecule has 2 aromatic rings. The molecule has 5 heteroatoms. The topological polar surface area (TPSA) is 78.1 Å². The molecule has 0 aromatic carbocycles. The minimum absolute atomic E-state index is 0.243. The molecule has 4 N–H and O–H groups in total. The van der Waals surface area contributed by atoms with Gasteiger partial charge in [-0.15, -0.1) is 11.3 Å². The van der Waals surface area contributed by atoms with Gasteiger partial charge in [-0.1, -0.05) is 11.2 Å². The van der Waals surface area contributed by atoms with Gasteiger partial charge in [0.1, 0.15) is 5.69 Å². The van der Waals surface area contributed by atoms with Crippen molar-refractivity contribution in [1.29, 1.82) is 0 Å². The highest BCUT2D eigenvalue weighted by Crippen LogP contribution is 2.26. The average Bonchev–Trinajstić information content (AvgIpc) is 2.86. The van der Waals surface area contributed by atoms with Crippen LogP contribution in [0.2, 0.25) is 0 Å². The van der Waals surface area contributed by atoms with Crippen LogP contribution in [0.25, 0.3) is 10.6 Å². The van der Waals surface area contributed by atoms with Crippen molar-refractivity contribution in [3.8, 4) is 10.6 Å². The maximum absolute atomic E-state index is 5.72. The molecule has 74 valence electrons. The van der Waals surface area contributed by atoms with E-state index in [4.69, 9.17) is 16.0 Å². The van der Waals surface area contributed by atoms with Crippen molar-refractivity contribution in [3.05, 3.63) is 29.3 Å². The number of rotatable bonds is 3. The van der Waals surface area contributed by atoms with Gasteiger partial charge in [0.25, 0.3) is 0 Å². The first-order valence-electron chi connectivity index (χ1n) is 4.27. The zero-order chi connectivity index (χ0) is 9.97. The second-order valence-corrected chi connectivity index (χ2v) is 3.88. The average molecular weight is 209 g/mol. The maximum atomic E-state index is 5.72. The van der Waals surface area contributed by atoms with Gasteiger partial charge in [-0.25, -0.2) is 0 Å². The first-order valence-corrected chi connectivity index (χ1v) is 5.15. The molecular formula is C9H11N3OS. The molecule has 0 radical (unpaired) electrons. The first kappa shape index (κ1) is 9.39. The smallest absolute Gasteiger partial charge is 0.177 e. The van der Waals surface area contributed by atoms with Crippen LogP contribution in [0.1, 0.15) is 11.7 Å². The Morgan fingerprint density at radius 2 is 2.43 bits per heavy atom. The normalized spacial score (nSPS) is 13.0. The molecule has 0 aliphatic rings. The van der Waals surface area contributed by atoms with E-state index >= 15 is 0 Å². The van der Waals surface area contributed by atoms with Crippen molar-refractivity contribution < 1.29 is 4.52 Å². The monoisotopic (exact) mass is 209 g/mol. The number of nitrogens with zero attached hydrogens (tertiary/aromatic N) is 1. The largest absolute Gasteiger partial charge is 0.355 e. The van der Waals surface area contributed by atoms with Gasteiger partial charge in [-0.3, -0.25) is 0 Å². The summed E-state index contributed by atoms with van der Waals surface area (Å²) in [6.45, 7) is 0.371. The van der Waals surface area contributed by atoms with E-state index in [1.165, 1.54) is 0 Å². The molecule has 0 amide bonds. The lowest BCUT2D eigenvalue weighted by molar-refractivity contribution is 0.418. The van der Waals surface area contributed by atoms with Crippen LogP contribution in [-0.2, 0) is 0 Å². The van der Waals surface area contributed by atoms with Gasteiger partial charge in [-0.05, 0) is 11.4 Å². The standard InChI is InChI=1S/C9H11N3OS/c10-5-6(11)7-4-8(13-12-7)9-2-1-3-14-9/h1-4,6H,5,10-11H2. The molecule has 0 fully saturated rings. The van der Waals surface area contributed by atoms with Gasteiger partial charge in [0.15, 0.2) is 5.76 Å². The van der Waals surface area contributed by atoms with E-state index in [1.54, 1.807) is 11.3 Å². The van der Waals surface area contributed by atoms with Crippen LogP contribution in [0.5, 0.6) is 0 Å². The molecule has 4 nitrogen and oxygen atoms in total. The number of hydrogen-bond acceptors (Lipinski definition) is 5. The minimum atomic E-state index is -0.243. The van der Waals surface area contributed by atoms with Crippen molar-refractivity contribution in [1.82, 2.24) is 5.16 Å². The van der Waals surface area contributed by atoms with Crippen molar-refractivity contribution in [2.45, 2.75) is 6.04 Å². The molecule has 0 aliphatic heterocycles. The van der Waals surface area contributed by atoms with Gasteiger partial charge < -0.3 is 16.0 Å². The SMILES string of the molecule is NCC(N)c1cc(-c2cccs2)on1. The molecule has 1 unspecified atom stereocenters. The van der Waals surface area contributed by atoms with Crippen LogP contribution >= 0.6 is 11.3 Å². The van der Waals surface area contributed by atoms with Crippen molar-refractivity contribution in [2.24, 2.45) is 11.5 Å². The molecule has 2 heterocycles. The Bertz CT molecular complexity index is 396. The summed E-state index contributed by atoms with van der Waals surface area (Å²) in [5.41, 5.74) is 11.8. The van der Waals surface area contributed by atoms with Gasteiger partial charge in [0.2, 0.25) is 0 Å². The third-order valence-electron chi connectivity index (χ3n) is 1.93. The van der Waals surface area contributed by atoms with E-state index in [9.17, 15) is 0 Å². The van der Waals surface area contributed by atoms with Crippen molar-refractivity contribution in [3.63, 3.8) is 0 Å². The Hall–Kier alpha value is -1.17. The Morgan fingerprint density at radius 1 is 1.57 bits per heavy atom. The minimum Gasteiger partial charge on any atom is -0.355 e. The number of nitrogens with two attached hydrogens (primary N) is 2. The van der Waals surface area contributed by atoms with Gasteiger partial charge in [0.05, 0.1) is 10.9 Å². The van der Waals surface area contributed by atoms with Crippen LogP contribution in [-0.4, -0.2) is 11.7 Å². The van der Waals surface area contributed by atoms with Crippen LogP contribution < -0.4 is 11.5 Å². The highest BCUT2D eigenvalue weighted by Gasteiger charge is 2.11. The zero-order valence-corrected chi connectivity index (χ0v) is 8.33. The summed E-state index contributed by atoms with van der Waals surface area (Å²) in [7, 11) is 0. The summed E-state index contributed by atoms with van der Waals surface area (Å²) >= 11 is 1.60. The molecule has 2 aromatic heterocycles. The summed E-state index contributed by atoms with van der Waals surface area (Å²) in [5, 5.41) is 5.86. The lowest BCUT2D eigenvalue weighted by atomic mass is 10.2. The molecule has 0 saturated carbocycles. The highest BCUT2D eigenvalue weighted by atomic mass is 32.1. The Labute approximate surface area is 85.5 Å². The number of thiophene rings is 1. The maximum Gasteiger partial charge on any atom is 0.177 e. The predicted octanol–water partition coefficient (Wildman–Crippen LogP) is 1.36. The lowest BCUT2D eigenvalue weighted by Gasteiger charge is -2.00. The van der Waals surface area contributed by atoms with Crippen LogP contribution in [0.4, 0.5) is 0 Å². The second-order valence-electron chi connectivity index (χ2n) is 2.94. The molecule has 0 saturated heterocycles. The quantitative estimate of drug-likeness (QED) is 0.800. The molecule has 2 rings (SSSR count). The van der Waals surface area contributed by atoms with E-state index in [2.05, 4.69) is 5.16 Å². The molecular weight excluding hydrogens is 198 g/mol. The van der Waals surface area contributed by atoms with E-state index < -0.39 is 0 Å². The third-order valence-corrected chi connectivity index (χ3v) is 2.81. The Morgan fingerprint density at radius 3 is 3.07 bits per heavy atom. The molecule has 1 atom stereocenters. The molecule has 14 heavy (non-hydrogen) atoms. The Balaban J connectivity index is 2.26. The highest BCUT2D eigenvalue weighted by molar-refractivity contribution is 7.13. The van der Waals surface area contributed by atoms with Gasteiger partial charge >= 0.3 is 0 Å². The fourth-order valence-corrected chi connectivity index (χ4v) is 1.79. The lowest BCUT2D eigenvalue weighted by Crippen LogP contribution is -2.20. The van der Waals surface area contributed by atoms with E-state index in [-0.39, 0.29) is 6.04 Å². The third kappa shape index (κ3) is 1.70. The van der Waals surface area contributed by atoms with Crippen molar-refractivity contribution >= 4 is 11.3 Å². The summed E-state index contributed by atoms with van der Waals surface area (Å²) in [6.07, 6.45) is 0. The van der Waals surface area contributed by atoms with Crippen LogP contribution in [0.15, 0.2) is 28.1 Å². The summed E-state index contributed by atoms with van der Waals surface area (Å²) in [4.78, 5) is 1.05. The summed E-state index contributed by atoms with van der Waals surface area (Å²) < 4.78 is 5.16. The summed E-state index contributed by atoms with van der Waals surface area (Å²) in [5.74, 6) is 0.749. The molecule has 0 spiro atoms. The van der Waals surface area contributed by atoms with Crippen LogP contribution in [0.3, 0.4) is 0 Å². The Kier molecular flexibility index (Phi) is 2.62. The van der Waals surface area contributed by atoms with Gasteiger partial charge in [-0.2, -0.15) is 0 Å². The first-order chi connectivity index (χ1) is 6.81. The predicted molar refractivity (Wildman–Crippen MR) is 55.8 cm³/mol. The second kappa shape index (κ2) is 3.91. The summed E-state index contributed by atoms with van der Waals surface area (Å²) in [6, 6.07) is 5.53. The fraction of sp³-hybridized carbons (Fsp3) is 0.222. The van der Waals surface area contributed by atoms with Crippen LogP contribution in [0, 0.1) is 0 Å². The number of hydrogen-bond donors (Lipinski definition) is 2. The fourth-order valence-electron chi connectivity index (χ4n) is 1.12. The van der Waals surface area contributed by atoms with Crippen molar-refractivity contribution in [2.75, 3.05) is 6.54 Å². The van der Waals surface area contributed by atoms with E-state index in [0.717, 1.165) is 10.6 Å². The zero-order valence-electron chi connectivity index (χ0n) is 7.51.